The van der Waals surface area contributed by atoms with Crippen molar-refractivity contribution in [1.29, 1.82) is 0 Å². The summed E-state index contributed by atoms with van der Waals surface area (Å²) in [7, 11) is 0. The van der Waals surface area contributed by atoms with Gasteiger partial charge in [-0.3, -0.25) is 14.2 Å². The van der Waals surface area contributed by atoms with Crippen LogP contribution in [0.3, 0.4) is 0 Å². The molecule has 1 amide bonds. The molecule has 0 atom stereocenters. The molecule has 0 unspecified atom stereocenters. The molecule has 134 valence electrons. The van der Waals surface area contributed by atoms with E-state index in [0.717, 1.165) is 16.8 Å². The van der Waals surface area contributed by atoms with Crippen LogP contribution in [0.2, 0.25) is 0 Å². The molecule has 0 saturated heterocycles. The van der Waals surface area contributed by atoms with Crippen molar-refractivity contribution in [2.45, 2.75) is 32.5 Å². The maximum atomic E-state index is 12.6. The minimum absolute atomic E-state index is 0.134. The van der Waals surface area contributed by atoms with Crippen LogP contribution in [0.15, 0.2) is 46.5 Å². The first kappa shape index (κ1) is 18.1. The lowest BCUT2D eigenvalue weighted by Gasteiger charge is -2.13. The van der Waals surface area contributed by atoms with Crippen molar-refractivity contribution in [3.05, 3.63) is 58.0 Å². The molecule has 0 aliphatic heterocycles. The molecule has 0 spiro atoms. The maximum absolute atomic E-state index is 12.6. The molecule has 3 rings (SSSR count). The molecule has 0 saturated carbocycles. The fourth-order valence-electron chi connectivity index (χ4n) is 2.74. The molecule has 0 radical (unpaired) electrons. The number of carbonyl (C=O) groups excluding carboxylic acids is 1. The van der Waals surface area contributed by atoms with Crippen molar-refractivity contribution in [2.24, 2.45) is 0 Å². The fraction of sp³-hybridized carbons (Fsp3) is 0.263. The number of fused-ring (bicyclic) bond motifs is 1. The highest BCUT2D eigenvalue weighted by atomic mass is 32.2. The quantitative estimate of drug-likeness (QED) is 0.553. The zero-order valence-corrected chi connectivity index (χ0v) is 15.8. The SMILES string of the molecule is CCn1c(SCC(=O)Nc2c(C)cccc2C)nc2ncccc2c1=O. The summed E-state index contributed by atoms with van der Waals surface area (Å²) >= 11 is 1.24. The third-order valence-electron chi connectivity index (χ3n) is 4.09. The van der Waals surface area contributed by atoms with Gasteiger partial charge in [-0.15, -0.1) is 0 Å². The van der Waals surface area contributed by atoms with E-state index < -0.39 is 0 Å². The van der Waals surface area contributed by atoms with E-state index in [-0.39, 0.29) is 17.2 Å². The number of benzene rings is 1. The number of carbonyl (C=O) groups is 1. The van der Waals surface area contributed by atoms with Crippen LogP contribution in [0.5, 0.6) is 0 Å². The Balaban J connectivity index is 1.81. The average molecular weight is 368 g/mol. The molecule has 2 heterocycles. The first-order valence-corrected chi connectivity index (χ1v) is 9.34. The van der Waals surface area contributed by atoms with Gasteiger partial charge in [-0.2, -0.15) is 0 Å². The second-order valence-corrected chi connectivity index (χ2v) is 6.86. The van der Waals surface area contributed by atoms with E-state index in [1.807, 2.05) is 39.0 Å². The molecule has 7 heteroatoms. The van der Waals surface area contributed by atoms with E-state index in [1.165, 1.54) is 11.8 Å². The Morgan fingerprint density at radius 3 is 2.62 bits per heavy atom. The van der Waals surface area contributed by atoms with Crippen molar-refractivity contribution in [2.75, 3.05) is 11.1 Å². The summed E-state index contributed by atoms with van der Waals surface area (Å²) < 4.78 is 1.57. The summed E-state index contributed by atoms with van der Waals surface area (Å²) in [6, 6.07) is 9.31. The van der Waals surface area contributed by atoms with Crippen LogP contribution in [0.25, 0.3) is 11.0 Å². The molecular weight excluding hydrogens is 348 g/mol. The number of aromatic nitrogens is 3. The van der Waals surface area contributed by atoms with Crippen molar-refractivity contribution >= 4 is 34.4 Å². The summed E-state index contributed by atoms with van der Waals surface area (Å²) in [5, 5.41) is 3.93. The number of aryl methyl sites for hydroxylation is 2. The number of para-hydroxylation sites is 1. The van der Waals surface area contributed by atoms with E-state index in [4.69, 9.17) is 0 Å². The molecular formula is C19H20N4O2S. The van der Waals surface area contributed by atoms with Crippen LogP contribution in [0, 0.1) is 13.8 Å². The summed E-state index contributed by atoms with van der Waals surface area (Å²) in [5.41, 5.74) is 3.13. The molecule has 6 nitrogen and oxygen atoms in total. The smallest absolute Gasteiger partial charge is 0.263 e. The monoisotopic (exact) mass is 368 g/mol. The summed E-state index contributed by atoms with van der Waals surface area (Å²) in [6.45, 7) is 6.28. The highest BCUT2D eigenvalue weighted by molar-refractivity contribution is 7.99. The van der Waals surface area contributed by atoms with Crippen LogP contribution in [-0.4, -0.2) is 26.2 Å². The fourth-order valence-corrected chi connectivity index (χ4v) is 3.59. The van der Waals surface area contributed by atoms with Gasteiger partial charge < -0.3 is 5.32 Å². The van der Waals surface area contributed by atoms with Gasteiger partial charge in [0.25, 0.3) is 5.56 Å². The lowest BCUT2D eigenvalue weighted by Crippen LogP contribution is -2.24. The van der Waals surface area contributed by atoms with Gasteiger partial charge in [-0.1, -0.05) is 30.0 Å². The number of nitrogens with one attached hydrogen (secondary N) is 1. The molecule has 0 fully saturated rings. The predicted molar refractivity (Wildman–Crippen MR) is 105 cm³/mol. The zero-order chi connectivity index (χ0) is 18.7. The number of nitrogens with zero attached hydrogens (tertiary/aromatic N) is 3. The van der Waals surface area contributed by atoms with Gasteiger partial charge in [0.2, 0.25) is 5.91 Å². The van der Waals surface area contributed by atoms with Gasteiger partial charge >= 0.3 is 0 Å². The van der Waals surface area contributed by atoms with E-state index in [1.54, 1.807) is 22.9 Å². The van der Waals surface area contributed by atoms with Gasteiger partial charge in [0, 0.05) is 18.4 Å². The van der Waals surface area contributed by atoms with Crippen LogP contribution in [0.4, 0.5) is 5.69 Å². The van der Waals surface area contributed by atoms with Crippen LogP contribution in [0.1, 0.15) is 18.1 Å². The Morgan fingerprint density at radius 2 is 1.92 bits per heavy atom. The number of thioether (sulfide) groups is 1. The lowest BCUT2D eigenvalue weighted by atomic mass is 10.1. The van der Waals surface area contributed by atoms with E-state index in [2.05, 4.69) is 15.3 Å². The van der Waals surface area contributed by atoms with E-state index >= 15 is 0 Å². The Labute approximate surface area is 155 Å². The van der Waals surface area contributed by atoms with Crippen LogP contribution < -0.4 is 10.9 Å². The summed E-state index contributed by atoms with van der Waals surface area (Å²) in [5.74, 6) is 0.0314. The van der Waals surface area contributed by atoms with Crippen molar-refractivity contribution in [3.8, 4) is 0 Å². The highest BCUT2D eigenvalue weighted by Crippen LogP contribution is 2.21. The first-order valence-electron chi connectivity index (χ1n) is 8.35. The lowest BCUT2D eigenvalue weighted by molar-refractivity contribution is -0.113. The van der Waals surface area contributed by atoms with Crippen molar-refractivity contribution in [1.82, 2.24) is 14.5 Å². The Kier molecular flexibility index (Phi) is 5.37. The molecule has 2 aromatic heterocycles. The zero-order valence-electron chi connectivity index (χ0n) is 14.9. The molecule has 0 aliphatic rings. The maximum Gasteiger partial charge on any atom is 0.263 e. The Bertz CT molecular complexity index is 1010. The van der Waals surface area contributed by atoms with Gasteiger partial charge in [-0.25, -0.2) is 9.97 Å². The van der Waals surface area contributed by atoms with Crippen LogP contribution in [-0.2, 0) is 11.3 Å². The minimum Gasteiger partial charge on any atom is -0.325 e. The highest BCUT2D eigenvalue weighted by Gasteiger charge is 2.13. The first-order chi connectivity index (χ1) is 12.5. The van der Waals surface area contributed by atoms with Gasteiger partial charge in [0.05, 0.1) is 11.1 Å². The number of hydrogen-bond donors (Lipinski definition) is 1. The predicted octanol–water partition coefficient (Wildman–Crippen LogP) is 3.16. The summed E-state index contributed by atoms with van der Waals surface area (Å²) in [6.07, 6.45) is 1.60. The molecule has 0 aliphatic carbocycles. The second-order valence-electron chi connectivity index (χ2n) is 5.92. The third-order valence-corrected chi connectivity index (χ3v) is 5.07. The molecule has 3 aromatic rings. The molecule has 1 N–H and O–H groups in total. The normalized spacial score (nSPS) is 10.9. The second kappa shape index (κ2) is 7.70. The molecule has 0 bridgehead atoms. The number of amides is 1. The van der Waals surface area contributed by atoms with Crippen molar-refractivity contribution < 1.29 is 4.79 Å². The number of anilines is 1. The molecule has 1 aromatic carbocycles. The van der Waals surface area contributed by atoms with Gasteiger partial charge in [0.1, 0.15) is 0 Å². The average Bonchev–Trinajstić information content (AvgIpc) is 2.63. The molecule has 26 heavy (non-hydrogen) atoms. The van der Waals surface area contributed by atoms with Crippen molar-refractivity contribution in [3.63, 3.8) is 0 Å². The summed E-state index contributed by atoms with van der Waals surface area (Å²) in [4.78, 5) is 33.6. The van der Waals surface area contributed by atoms with Crippen LogP contribution >= 0.6 is 11.8 Å². The number of rotatable bonds is 5. The van der Waals surface area contributed by atoms with Gasteiger partial charge in [0.15, 0.2) is 10.8 Å². The topological polar surface area (TPSA) is 76.9 Å². The third kappa shape index (κ3) is 3.62. The largest absolute Gasteiger partial charge is 0.325 e. The Hall–Kier alpha value is -2.67. The Morgan fingerprint density at radius 1 is 1.19 bits per heavy atom. The van der Waals surface area contributed by atoms with Gasteiger partial charge in [-0.05, 0) is 44.0 Å². The van der Waals surface area contributed by atoms with E-state index in [0.29, 0.717) is 22.7 Å². The van der Waals surface area contributed by atoms with E-state index in [9.17, 15) is 9.59 Å². The number of hydrogen-bond acceptors (Lipinski definition) is 5. The number of pyridine rings is 1. The minimum atomic E-state index is -0.136. The standard InChI is InChI=1S/C19H20N4O2S/c1-4-23-18(25)14-9-6-10-20-17(14)22-19(23)26-11-15(24)21-16-12(2)7-5-8-13(16)3/h5-10H,4,11H2,1-3H3,(H,21,24).